The van der Waals surface area contributed by atoms with Crippen molar-refractivity contribution in [3.05, 3.63) is 64.3 Å². The van der Waals surface area contributed by atoms with E-state index in [-0.39, 0.29) is 18.2 Å². The van der Waals surface area contributed by atoms with Crippen molar-refractivity contribution in [2.75, 3.05) is 0 Å². The van der Waals surface area contributed by atoms with Gasteiger partial charge in [0.15, 0.2) is 5.75 Å². The highest BCUT2D eigenvalue weighted by Gasteiger charge is 2.30. The number of aliphatic carboxylic acids is 1. The van der Waals surface area contributed by atoms with E-state index in [1.54, 1.807) is 18.2 Å². The zero-order valence-electron chi connectivity index (χ0n) is 12.2. The van der Waals surface area contributed by atoms with Gasteiger partial charge >= 0.3 is 5.97 Å². The number of rotatable bonds is 5. The summed E-state index contributed by atoms with van der Waals surface area (Å²) in [6, 6.07) is 8.73. The van der Waals surface area contributed by atoms with E-state index < -0.39 is 17.1 Å². The molecule has 0 saturated heterocycles. The van der Waals surface area contributed by atoms with E-state index in [1.807, 2.05) is 0 Å². The number of hydrogen-bond acceptors (Lipinski definition) is 3. The molecule has 22 heavy (non-hydrogen) atoms. The Hall–Kier alpha value is -2.63. The first-order chi connectivity index (χ1) is 10.3. The van der Waals surface area contributed by atoms with E-state index in [0.29, 0.717) is 5.56 Å². The molecule has 0 bridgehead atoms. The fourth-order valence-corrected chi connectivity index (χ4v) is 1.87. The van der Waals surface area contributed by atoms with E-state index in [4.69, 9.17) is 4.74 Å². The maximum Gasteiger partial charge on any atom is 0.329 e. The minimum absolute atomic E-state index is 0.0427. The van der Waals surface area contributed by atoms with Gasteiger partial charge in [-0.05, 0) is 43.7 Å². The molecular formula is C16H16FNO4. The van der Waals surface area contributed by atoms with E-state index in [9.17, 15) is 19.1 Å². The van der Waals surface area contributed by atoms with E-state index in [1.165, 1.54) is 38.2 Å². The monoisotopic (exact) mass is 305 g/mol. The number of benzene rings is 1. The van der Waals surface area contributed by atoms with Crippen LogP contribution in [0.4, 0.5) is 4.39 Å². The van der Waals surface area contributed by atoms with Crippen molar-refractivity contribution in [1.29, 1.82) is 0 Å². The van der Waals surface area contributed by atoms with Crippen LogP contribution in [0.5, 0.6) is 5.75 Å². The molecule has 0 amide bonds. The third-order valence-corrected chi connectivity index (χ3v) is 3.35. The predicted octanol–water partition coefficient (Wildman–Crippen LogP) is 2.39. The SMILES string of the molecule is CC(C)(C(=O)O)n1cccc(OCc2ccc(F)cc2)c1=O. The van der Waals surface area contributed by atoms with E-state index in [0.717, 1.165) is 4.57 Å². The van der Waals surface area contributed by atoms with Gasteiger partial charge in [-0.1, -0.05) is 12.1 Å². The molecule has 2 rings (SSSR count). The molecule has 0 spiro atoms. The van der Waals surface area contributed by atoms with Crippen LogP contribution in [0.25, 0.3) is 0 Å². The van der Waals surface area contributed by atoms with Crippen LogP contribution in [0, 0.1) is 5.82 Å². The summed E-state index contributed by atoms with van der Waals surface area (Å²) in [6.07, 6.45) is 1.40. The molecule has 0 radical (unpaired) electrons. The minimum Gasteiger partial charge on any atom is -0.483 e. The average Bonchev–Trinajstić information content (AvgIpc) is 2.47. The van der Waals surface area contributed by atoms with E-state index in [2.05, 4.69) is 0 Å². The van der Waals surface area contributed by atoms with Crippen LogP contribution in [0.2, 0.25) is 0 Å². The third kappa shape index (κ3) is 3.16. The molecule has 0 atom stereocenters. The average molecular weight is 305 g/mol. The highest BCUT2D eigenvalue weighted by atomic mass is 19.1. The summed E-state index contributed by atoms with van der Waals surface area (Å²) in [7, 11) is 0. The van der Waals surface area contributed by atoms with Crippen molar-refractivity contribution in [1.82, 2.24) is 4.57 Å². The molecule has 0 aliphatic carbocycles. The minimum atomic E-state index is -1.38. The van der Waals surface area contributed by atoms with Gasteiger partial charge in [0, 0.05) is 6.20 Å². The number of ether oxygens (including phenoxy) is 1. The first-order valence-electron chi connectivity index (χ1n) is 6.65. The largest absolute Gasteiger partial charge is 0.483 e. The molecule has 0 fully saturated rings. The van der Waals surface area contributed by atoms with E-state index >= 15 is 0 Å². The molecule has 0 aliphatic rings. The normalized spacial score (nSPS) is 11.2. The molecule has 1 aromatic carbocycles. The van der Waals surface area contributed by atoms with Crippen LogP contribution in [-0.2, 0) is 16.9 Å². The van der Waals surface area contributed by atoms with Crippen LogP contribution >= 0.6 is 0 Å². The Balaban J connectivity index is 2.24. The number of hydrogen-bond donors (Lipinski definition) is 1. The smallest absolute Gasteiger partial charge is 0.329 e. The summed E-state index contributed by atoms with van der Waals surface area (Å²) in [4.78, 5) is 23.6. The number of carbonyl (C=O) groups is 1. The van der Waals surface area contributed by atoms with Crippen LogP contribution in [0.1, 0.15) is 19.4 Å². The van der Waals surface area contributed by atoms with Crippen molar-refractivity contribution in [3.8, 4) is 5.75 Å². The molecule has 1 N–H and O–H groups in total. The molecule has 0 unspecified atom stereocenters. The van der Waals surface area contributed by atoms with Gasteiger partial charge in [-0.25, -0.2) is 9.18 Å². The van der Waals surface area contributed by atoms with Crippen molar-refractivity contribution >= 4 is 5.97 Å². The first kappa shape index (κ1) is 15.8. The van der Waals surface area contributed by atoms with Crippen molar-refractivity contribution in [3.63, 3.8) is 0 Å². The summed E-state index contributed by atoms with van der Waals surface area (Å²) in [5.74, 6) is -1.43. The van der Waals surface area contributed by atoms with Gasteiger partial charge < -0.3 is 9.84 Å². The molecule has 5 nitrogen and oxygen atoms in total. The van der Waals surface area contributed by atoms with Gasteiger partial charge in [-0.15, -0.1) is 0 Å². The quantitative estimate of drug-likeness (QED) is 0.921. The van der Waals surface area contributed by atoms with Crippen LogP contribution in [0.15, 0.2) is 47.4 Å². The van der Waals surface area contributed by atoms with Crippen molar-refractivity contribution in [2.24, 2.45) is 0 Å². The van der Waals surface area contributed by atoms with Crippen LogP contribution < -0.4 is 10.3 Å². The molecule has 116 valence electrons. The first-order valence-corrected chi connectivity index (χ1v) is 6.65. The Bertz CT molecular complexity index is 735. The lowest BCUT2D eigenvalue weighted by Crippen LogP contribution is -2.42. The molecule has 1 heterocycles. The number of nitrogens with zero attached hydrogens (tertiary/aromatic N) is 1. The summed E-state index contributed by atoms with van der Waals surface area (Å²) in [5.41, 5.74) is -1.21. The van der Waals surface area contributed by atoms with Gasteiger partial charge in [0.1, 0.15) is 18.0 Å². The van der Waals surface area contributed by atoms with Crippen LogP contribution in [0.3, 0.4) is 0 Å². The third-order valence-electron chi connectivity index (χ3n) is 3.35. The second kappa shape index (κ2) is 6.01. The predicted molar refractivity (Wildman–Crippen MR) is 78.4 cm³/mol. The van der Waals surface area contributed by atoms with Gasteiger partial charge in [0.2, 0.25) is 0 Å². The number of pyridine rings is 1. The highest BCUT2D eigenvalue weighted by molar-refractivity contribution is 5.75. The summed E-state index contributed by atoms with van der Waals surface area (Å²) >= 11 is 0. The van der Waals surface area contributed by atoms with Gasteiger partial charge in [0.25, 0.3) is 5.56 Å². The number of carboxylic acid groups (broad SMARTS) is 1. The maximum atomic E-state index is 12.8. The van der Waals surface area contributed by atoms with Crippen molar-refractivity contribution in [2.45, 2.75) is 26.0 Å². The standard InChI is InChI=1S/C16H16FNO4/c1-16(2,15(20)21)18-9-3-4-13(14(18)19)22-10-11-5-7-12(17)8-6-11/h3-9H,10H2,1-2H3,(H,20,21). The molecular weight excluding hydrogens is 289 g/mol. The fourth-order valence-electron chi connectivity index (χ4n) is 1.87. The van der Waals surface area contributed by atoms with Crippen molar-refractivity contribution < 1.29 is 19.0 Å². The number of aromatic nitrogens is 1. The molecule has 6 heteroatoms. The van der Waals surface area contributed by atoms with Crippen LogP contribution in [-0.4, -0.2) is 15.6 Å². The lowest BCUT2D eigenvalue weighted by atomic mass is 10.1. The Kier molecular flexibility index (Phi) is 4.30. The Morgan fingerprint density at radius 2 is 1.91 bits per heavy atom. The second-order valence-corrected chi connectivity index (χ2v) is 5.33. The lowest BCUT2D eigenvalue weighted by Gasteiger charge is -2.22. The van der Waals surface area contributed by atoms with Gasteiger partial charge in [0.05, 0.1) is 0 Å². The summed E-state index contributed by atoms with van der Waals surface area (Å²) in [5, 5.41) is 9.21. The molecule has 0 saturated carbocycles. The lowest BCUT2D eigenvalue weighted by molar-refractivity contribution is -0.145. The summed E-state index contributed by atoms with van der Waals surface area (Å²) < 4.78 is 19.4. The second-order valence-electron chi connectivity index (χ2n) is 5.33. The zero-order chi connectivity index (χ0) is 16.3. The topological polar surface area (TPSA) is 68.5 Å². The Morgan fingerprint density at radius 3 is 2.50 bits per heavy atom. The highest BCUT2D eigenvalue weighted by Crippen LogP contribution is 2.15. The fraction of sp³-hybridized carbons (Fsp3) is 0.250. The van der Waals surface area contributed by atoms with Gasteiger partial charge in [-0.3, -0.25) is 9.36 Å². The van der Waals surface area contributed by atoms with Gasteiger partial charge in [-0.2, -0.15) is 0 Å². The molecule has 2 aromatic rings. The zero-order valence-corrected chi connectivity index (χ0v) is 12.2. The Morgan fingerprint density at radius 1 is 1.27 bits per heavy atom. The summed E-state index contributed by atoms with van der Waals surface area (Å²) in [6.45, 7) is 2.95. The Labute approximate surface area is 126 Å². The molecule has 0 aliphatic heterocycles. The number of halogens is 1. The maximum absolute atomic E-state index is 12.8. The molecule has 1 aromatic heterocycles. The number of carboxylic acids is 1.